The Kier molecular flexibility index (Phi) is 12.2. The van der Waals surface area contributed by atoms with Gasteiger partial charge in [-0.1, -0.05) is 32.6 Å². The fraction of sp³-hybridized carbons (Fsp3) is 0.750. The van der Waals surface area contributed by atoms with Crippen molar-refractivity contribution >= 4 is 55.3 Å². The van der Waals surface area contributed by atoms with E-state index in [4.69, 9.17) is 0 Å². The molecule has 0 aliphatic carbocycles. The van der Waals surface area contributed by atoms with E-state index in [0.717, 1.165) is 10.1 Å². The second-order valence-electron chi connectivity index (χ2n) is 5.30. The maximum absolute atomic E-state index is 11.5. The quantitative estimate of drug-likeness (QED) is 0.249. The number of hydrogen-bond acceptors (Lipinski definition) is 4. The Morgan fingerprint density at radius 1 is 1.05 bits per heavy atom. The molecule has 1 heterocycles. The number of unbranched alkanes of at least 4 members (excludes halogenated alkanes) is 9. The van der Waals surface area contributed by atoms with E-state index in [1.54, 1.807) is 38.2 Å². The maximum atomic E-state index is 11.5. The first kappa shape index (κ1) is 19.6. The molecule has 0 N–H and O–H groups in total. The van der Waals surface area contributed by atoms with Crippen LogP contribution in [0.15, 0.2) is 14.8 Å². The Morgan fingerprint density at radius 3 is 2.14 bits per heavy atom. The summed E-state index contributed by atoms with van der Waals surface area (Å²) < 4.78 is 2.74. The van der Waals surface area contributed by atoms with E-state index < -0.39 is 0 Å². The second-order valence-corrected chi connectivity index (χ2v) is 8.28. The third kappa shape index (κ3) is 9.33. The summed E-state index contributed by atoms with van der Waals surface area (Å²) in [7, 11) is 0. The van der Waals surface area contributed by atoms with Crippen LogP contribution >= 0.6 is 23.5 Å². The van der Waals surface area contributed by atoms with Gasteiger partial charge in [-0.05, 0) is 0 Å². The van der Waals surface area contributed by atoms with Crippen LogP contribution < -0.4 is 0 Å². The van der Waals surface area contributed by atoms with E-state index >= 15 is 0 Å². The van der Waals surface area contributed by atoms with E-state index in [1.807, 2.05) is 0 Å². The Balaban J connectivity index is 1.88. The Hall–Kier alpha value is 0.570. The third-order valence-corrected chi connectivity index (χ3v) is 6.17. The van der Waals surface area contributed by atoms with E-state index in [9.17, 15) is 4.79 Å². The van der Waals surface area contributed by atoms with Crippen LogP contribution in [0.2, 0.25) is 0 Å². The normalized spacial score (nSPS) is 16.7. The van der Waals surface area contributed by atoms with Crippen molar-refractivity contribution < 1.29 is 4.79 Å². The molecule has 0 saturated carbocycles. The van der Waals surface area contributed by atoms with Gasteiger partial charge in [0, 0.05) is 0 Å². The molecule has 0 amide bonds. The van der Waals surface area contributed by atoms with Crippen LogP contribution in [0.1, 0.15) is 71.1 Å². The molecular weight excluding hydrogens is 414 g/mol. The number of rotatable bonds is 11. The van der Waals surface area contributed by atoms with Gasteiger partial charge < -0.3 is 0 Å². The molecule has 0 saturated heterocycles. The van der Waals surface area contributed by atoms with Crippen LogP contribution in [0.3, 0.4) is 0 Å². The molecule has 0 unspecified atom stereocenters. The van der Waals surface area contributed by atoms with Gasteiger partial charge in [0.25, 0.3) is 0 Å². The molecule has 5 heteroatoms. The molecule has 1 aliphatic heterocycles. The molecule has 0 aromatic rings. The predicted octanol–water partition coefficient (Wildman–Crippen LogP) is 5.28. The summed E-state index contributed by atoms with van der Waals surface area (Å²) in [5.41, 5.74) is 0.621. The number of nitrogens with zero attached hydrogens (tertiary/aromatic N) is 1. The first-order valence-corrected chi connectivity index (χ1v) is 11.2. The van der Waals surface area contributed by atoms with Crippen molar-refractivity contribution in [3.05, 3.63) is 9.82 Å². The van der Waals surface area contributed by atoms with Gasteiger partial charge in [-0.2, -0.15) is 0 Å². The minimum absolute atomic E-state index is 0.103. The van der Waals surface area contributed by atoms with Crippen LogP contribution in [-0.2, 0) is 4.79 Å². The SMILES string of the molecule is CCCCCCCCCCCCSC1=N/C(=C/[Te])C(=O)S1. The molecule has 2 nitrogen and oxygen atoms in total. The fourth-order valence-corrected chi connectivity index (χ4v) is 4.78. The van der Waals surface area contributed by atoms with Gasteiger partial charge in [-0.15, -0.1) is 0 Å². The van der Waals surface area contributed by atoms with Gasteiger partial charge in [0.1, 0.15) is 0 Å². The Bertz CT molecular complexity index is 369. The topological polar surface area (TPSA) is 29.4 Å². The van der Waals surface area contributed by atoms with Crippen molar-refractivity contribution in [2.45, 2.75) is 71.1 Å². The number of thioether (sulfide) groups is 2. The summed E-state index contributed by atoms with van der Waals surface area (Å²) in [6.45, 7) is 2.27. The zero-order valence-electron chi connectivity index (χ0n) is 12.9. The number of carbonyl (C=O) groups is 1. The molecule has 0 aromatic heterocycles. The van der Waals surface area contributed by atoms with Crippen LogP contribution in [0.5, 0.6) is 0 Å². The Morgan fingerprint density at radius 2 is 1.62 bits per heavy atom. The van der Waals surface area contributed by atoms with Crippen molar-refractivity contribution in [2.24, 2.45) is 4.99 Å². The van der Waals surface area contributed by atoms with E-state index in [0.29, 0.717) is 5.70 Å². The van der Waals surface area contributed by atoms with Crippen molar-refractivity contribution in [2.75, 3.05) is 5.75 Å². The average Bonchev–Trinajstić information content (AvgIpc) is 2.85. The Labute approximate surface area is 151 Å². The molecule has 119 valence electrons. The molecule has 0 bridgehead atoms. The van der Waals surface area contributed by atoms with Gasteiger partial charge in [0.2, 0.25) is 0 Å². The number of carbonyl (C=O) groups excluding carboxylic acids is 1. The minimum atomic E-state index is 0.103. The first-order chi connectivity index (χ1) is 10.3. The zero-order chi connectivity index (χ0) is 15.3. The standard InChI is InChI=1S/C16H26NOS2Te/c1-2-3-4-5-6-7-8-9-10-11-12-19-16-17-14(13-21)15(18)20-16/h13H,2-12H2,1H3/b14-13+. The van der Waals surface area contributed by atoms with Gasteiger partial charge in [0.05, 0.1) is 0 Å². The molecule has 1 radical (unpaired) electrons. The summed E-state index contributed by atoms with van der Waals surface area (Å²) in [4.78, 5) is 15.8. The molecule has 1 aliphatic rings. The van der Waals surface area contributed by atoms with Crippen LogP contribution in [0.25, 0.3) is 0 Å². The van der Waals surface area contributed by atoms with Crippen LogP contribution in [0.4, 0.5) is 0 Å². The van der Waals surface area contributed by atoms with Gasteiger partial charge >= 0.3 is 119 Å². The molecule has 0 atom stereocenters. The van der Waals surface area contributed by atoms with E-state index in [2.05, 4.69) is 11.9 Å². The zero-order valence-corrected chi connectivity index (χ0v) is 16.9. The van der Waals surface area contributed by atoms with Gasteiger partial charge in [0.15, 0.2) is 0 Å². The van der Waals surface area contributed by atoms with Gasteiger partial charge in [-0.25, -0.2) is 0 Å². The molecular formula is C16H26NOS2Te. The monoisotopic (exact) mass is 442 g/mol. The van der Waals surface area contributed by atoms with Crippen molar-refractivity contribution in [3.8, 4) is 0 Å². The summed E-state index contributed by atoms with van der Waals surface area (Å²) in [6.07, 6.45) is 13.7. The first-order valence-electron chi connectivity index (χ1n) is 8.03. The van der Waals surface area contributed by atoms with Crippen molar-refractivity contribution in [3.63, 3.8) is 0 Å². The van der Waals surface area contributed by atoms with Gasteiger partial charge in [-0.3, -0.25) is 0 Å². The van der Waals surface area contributed by atoms with Crippen LogP contribution in [-0.4, -0.2) is 37.5 Å². The van der Waals surface area contributed by atoms with Crippen molar-refractivity contribution in [1.82, 2.24) is 0 Å². The number of aliphatic imine (C=N–C) groups is 1. The van der Waals surface area contributed by atoms with E-state index in [-0.39, 0.29) is 5.12 Å². The summed E-state index contributed by atoms with van der Waals surface area (Å²) in [5.74, 6) is 1.09. The molecule has 21 heavy (non-hydrogen) atoms. The second kappa shape index (κ2) is 13.0. The predicted molar refractivity (Wildman–Crippen MR) is 98.2 cm³/mol. The molecule has 0 aromatic carbocycles. The molecule has 1 rings (SSSR count). The number of hydrogen-bond donors (Lipinski definition) is 0. The van der Waals surface area contributed by atoms with Crippen LogP contribution in [0, 0.1) is 0 Å². The fourth-order valence-electron chi connectivity index (χ4n) is 2.18. The summed E-state index contributed by atoms with van der Waals surface area (Å²) >= 11 is 4.82. The molecule has 0 fully saturated rings. The van der Waals surface area contributed by atoms with Crippen molar-refractivity contribution in [1.29, 1.82) is 0 Å². The average molecular weight is 440 g/mol. The molecule has 0 spiro atoms. The summed E-state index contributed by atoms with van der Waals surface area (Å²) in [6, 6.07) is 0. The third-order valence-electron chi connectivity index (χ3n) is 3.44. The van der Waals surface area contributed by atoms with E-state index in [1.165, 1.54) is 76.0 Å². The summed E-state index contributed by atoms with van der Waals surface area (Å²) in [5, 5.41) is 0.103.